The lowest BCUT2D eigenvalue weighted by Gasteiger charge is -2.19. The zero-order chi connectivity index (χ0) is 22.8. The standard InChI is InChI=1S/C25H18F2N2O3/c1-14(28-24(30)19-7-2-3-8-20(19)25(31)32)21-12-15-9-10-18(27)13-22(15)29-23(21)16-5-4-6-17(26)11-16/h2-14H,1H3,(H,28,30)(H,31,32). The van der Waals surface area contributed by atoms with Crippen molar-refractivity contribution in [1.29, 1.82) is 0 Å². The van der Waals surface area contributed by atoms with E-state index in [1.165, 1.54) is 48.5 Å². The lowest BCUT2D eigenvalue weighted by atomic mass is 9.97. The summed E-state index contributed by atoms with van der Waals surface area (Å²) in [4.78, 5) is 28.9. The molecule has 0 bridgehead atoms. The maximum Gasteiger partial charge on any atom is 0.336 e. The molecule has 7 heteroatoms. The molecule has 2 N–H and O–H groups in total. The molecule has 1 aromatic heterocycles. The SMILES string of the molecule is CC(NC(=O)c1ccccc1C(=O)O)c1cc2ccc(F)cc2nc1-c1cccc(F)c1. The van der Waals surface area contributed by atoms with Crippen molar-refractivity contribution < 1.29 is 23.5 Å². The summed E-state index contributed by atoms with van der Waals surface area (Å²) in [5.74, 6) is -2.69. The van der Waals surface area contributed by atoms with Crippen LogP contribution in [-0.2, 0) is 0 Å². The molecular formula is C25H18F2N2O3. The lowest BCUT2D eigenvalue weighted by Crippen LogP contribution is -2.28. The van der Waals surface area contributed by atoms with Gasteiger partial charge in [0.05, 0.1) is 28.4 Å². The summed E-state index contributed by atoms with van der Waals surface area (Å²) in [5.41, 5.74) is 1.74. The minimum atomic E-state index is -1.21. The number of nitrogens with one attached hydrogen (secondary N) is 1. The highest BCUT2D eigenvalue weighted by Crippen LogP contribution is 2.31. The molecule has 4 aromatic rings. The van der Waals surface area contributed by atoms with E-state index in [0.29, 0.717) is 27.7 Å². The first-order chi connectivity index (χ1) is 15.3. The van der Waals surface area contributed by atoms with Gasteiger partial charge in [0.2, 0.25) is 0 Å². The predicted octanol–water partition coefficient (Wildman–Crippen LogP) is 5.37. The predicted molar refractivity (Wildman–Crippen MR) is 116 cm³/mol. The van der Waals surface area contributed by atoms with E-state index in [-0.39, 0.29) is 11.1 Å². The molecule has 1 amide bonds. The number of rotatable bonds is 5. The maximum absolute atomic E-state index is 13.9. The van der Waals surface area contributed by atoms with Crippen LogP contribution >= 0.6 is 0 Å². The lowest BCUT2D eigenvalue weighted by molar-refractivity contribution is 0.0690. The zero-order valence-corrected chi connectivity index (χ0v) is 17.0. The van der Waals surface area contributed by atoms with Crippen molar-refractivity contribution in [2.45, 2.75) is 13.0 Å². The monoisotopic (exact) mass is 432 g/mol. The van der Waals surface area contributed by atoms with Gasteiger partial charge < -0.3 is 10.4 Å². The minimum absolute atomic E-state index is 0.0231. The topological polar surface area (TPSA) is 79.3 Å². The van der Waals surface area contributed by atoms with Crippen LogP contribution in [0.15, 0.2) is 72.8 Å². The largest absolute Gasteiger partial charge is 0.478 e. The van der Waals surface area contributed by atoms with E-state index < -0.39 is 29.6 Å². The quantitative estimate of drug-likeness (QED) is 0.444. The second-order valence-corrected chi connectivity index (χ2v) is 7.32. The van der Waals surface area contributed by atoms with Crippen molar-refractivity contribution in [3.8, 4) is 11.3 Å². The number of aromatic carboxylic acids is 1. The van der Waals surface area contributed by atoms with Crippen molar-refractivity contribution in [3.05, 3.63) is 101 Å². The van der Waals surface area contributed by atoms with Crippen LogP contribution in [0.1, 0.15) is 39.2 Å². The number of carbonyl (C=O) groups excluding carboxylic acids is 1. The maximum atomic E-state index is 13.9. The van der Waals surface area contributed by atoms with Gasteiger partial charge in [0.1, 0.15) is 11.6 Å². The van der Waals surface area contributed by atoms with Crippen LogP contribution in [0.2, 0.25) is 0 Å². The molecule has 0 aliphatic carbocycles. The number of aromatic nitrogens is 1. The van der Waals surface area contributed by atoms with E-state index in [1.54, 1.807) is 31.2 Å². The Morgan fingerprint density at radius 2 is 1.62 bits per heavy atom. The van der Waals surface area contributed by atoms with Gasteiger partial charge in [-0.1, -0.05) is 24.3 Å². The molecule has 160 valence electrons. The number of hydrogen-bond donors (Lipinski definition) is 2. The van der Waals surface area contributed by atoms with E-state index in [1.807, 2.05) is 0 Å². The van der Waals surface area contributed by atoms with Gasteiger partial charge in [-0.2, -0.15) is 0 Å². The zero-order valence-electron chi connectivity index (χ0n) is 17.0. The third kappa shape index (κ3) is 4.18. The van der Waals surface area contributed by atoms with Gasteiger partial charge in [-0.15, -0.1) is 0 Å². The van der Waals surface area contributed by atoms with Gasteiger partial charge in [-0.05, 0) is 49.4 Å². The summed E-state index contributed by atoms with van der Waals surface area (Å²) in [6.45, 7) is 1.72. The number of benzene rings is 3. The Balaban J connectivity index is 1.79. The third-order valence-corrected chi connectivity index (χ3v) is 5.12. The van der Waals surface area contributed by atoms with Crippen molar-refractivity contribution in [2.75, 3.05) is 0 Å². The molecular weight excluding hydrogens is 414 g/mol. The summed E-state index contributed by atoms with van der Waals surface area (Å²) in [6.07, 6.45) is 0. The average molecular weight is 432 g/mol. The number of nitrogens with zero attached hydrogens (tertiary/aromatic N) is 1. The highest BCUT2D eigenvalue weighted by molar-refractivity contribution is 6.05. The van der Waals surface area contributed by atoms with Crippen LogP contribution in [0, 0.1) is 11.6 Å². The van der Waals surface area contributed by atoms with Crippen LogP contribution in [0.25, 0.3) is 22.2 Å². The number of halogens is 2. The number of hydrogen-bond acceptors (Lipinski definition) is 3. The number of amides is 1. The fourth-order valence-corrected chi connectivity index (χ4v) is 3.57. The Labute approximate surface area is 182 Å². The number of carbonyl (C=O) groups is 2. The summed E-state index contributed by atoms with van der Waals surface area (Å²) in [6, 6.07) is 17.1. The van der Waals surface area contributed by atoms with Crippen molar-refractivity contribution in [3.63, 3.8) is 0 Å². The summed E-state index contributed by atoms with van der Waals surface area (Å²) < 4.78 is 27.7. The first-order valence-electron chi connectivity index (χ1n) is 9.83. The molecule has 0 spiro atoms. The summed E-state index contributed by atoms with van der Waals surface area (Å²) in [7, 11) is 0. The molecule has 0 aliphatic rings. The molecule has 0 aliphatic heterocycles. The van der Waals surface area contributed by atoms with E-state index in [2.05, 4.69) is 10.3 Å². The highest BCUT2D eigenvalue weighted by Gasteiger charge is 2.21. The second kappa shape index (κ2) is 8.55. The molecule has 1 heterocycles. The fourth-order valence-electron chi connectivity index (χ4n) is 3.57. The number of fused-ring (bicyclic) bond motifs is 1. The average Bonchev–Trinajstić information content (AvgIpc) is 2.78. The van der Waals surface area contributed by atoms with Gasteiger partial charge >= 0.3 is 5.97 Å². The van der Waals surface area contributed by atoms with Crippen molar-refractivity contribution in [1.82, 2.24) is 10.3 Å². The molecule has 1 atom stereocenters. The van der Waals surface area contributed by atoms with Crippen LogP contribution in [0.5, 0.6) is 0 Å². The number of pyridine rings is 1. The Hall–Kier alpha value is -4.13. The van der Waals surface area contributed by atoms with Gasteiger partial charge in [0.15, 0.2) is 0 Å². The molecule has 32 heavy (non-hydrogen) atoms. The van der Waals surface area contributed by atoms with Gasteiger partial charge in [0, 0.05) is 22.6 Å². The van der Waals surface area contributed by atoms with Gasteiger partial charge in [-0.3, -0.25) is 4.79 Å². The van der Waals surface area contributed by atoms with Gasteiger partial charge in [0.25, 0.3) is 5.91 Å². The Morgan fingerprint density at radius 1 is 0.906 bits per heavy atom. The second-order valence-electron chi connectivity index (χ2n) is 7.32. The molecule has 0 saturated carbocycles. The highest BCUT2D eigenvalue weighted by atomic mass is 19.1. The van der Waals surface area contributed by atoms with Crippen molar-refractivity contribution >= 4 is 22.8 Å². The smallest absolute Gasteiger partial charge is 0.336 e. The molecule has 0 saturated heterocycles. The number of carboxylic acids is 1. The Kier molecular flexibility index (Phi) is 5.64. The minimum Gasteiger partial charge on any atom is -0.478 e. The molecule has 0 radical (unpaired) electrons. The van der Waals surface area contributed by atoms with Crippen LogP contribution < -0.4 is 5.32 Å². The van der Waals surface area contributed by atoms with E-state index in [0.717, 1.165) is 0 Å². The third-order valence-electron chi connectivity index (χ3n) is 5.12. The Morgan fingerprint density at radius 3 is 2.34 bits per heavy atom. The normalized spacial score (nSPS) is 11.8. The molecule has 5 nitrogen and oxygen atoms in total. The molecule has 1 unspecified atom stereocenters. The van der Waals surface area contributed by atoms with Crippen LogP contribution in [0.3, 0.4) is 0 Å². The van der Waals surface area contributed by atoms with Gasteiger partial charge in [-0.25, -0.2) is 18.6 Å². The molecule has 0 fully saturated rings. The number of carboxylic acid groups (broad SMARTS) is 1. The first-order valence-corrected chi connectivity index (χ1v) is 9.83. The van der Waals surface area contributed by atoms with Crippen molar-refractivity contribution in [2.24, 2.45) is 0 Å². The van der Waals surface area contributed by atoms with Crippen LogP contribution in [-0.4, -0.2) is 22.0 Å². The van der Waals surface area contributed by atoms with E-state index in [4.69, 9.17) is 0 Å². The molecule has 4 rings (SSSR count). The first kappa shape index (κ1) is 21.1. The van der Waals surface area contributed by atoms with Crippen LogP contribution in [0.4, 0.5) is 8.78 Å². The van der Waals surface area contributed by atoms with E-state index in [9.17, 15) is 23.5 Å². The van der Waals surface area contributed by atoms with E-state index >= 15 is 0 Å². The fraction of sp³-hybridized carbons (Fsp3) is 0.0800. The summed E-state index contributed by atoms with van der Waals surface area (Å²) >= 11 is 0. The summed E-state index contributed by atoms with van der Waals surface area (Å²) in [5, 5.41) is 12.8. The Bertz CT molecular complexity index is 1350. The molecule has 3 aromatic carbocycles.